The van der Waals surface area contributed by atoms with Crippen LogP contribution < -0.4 is 5.32 Å². The van der Waals surface area contributed by atoms with E-state index in [0.29, 0.717) is 16.7 Å². The van der Waals surface area contributed by atoms with Crippen molar-refractivity contribution >= 4 is 22.4 Å². The van der Waals surface area contributed by atoms with Gasteiger partial charge in [-0.1, -0.05) is 23.8 Å². The second-order valence-corrected chi connectivity index (χ2v) is 7.15. The summed E-state index contributed by atoms with van der Waals surface area (Å²) in [7, 11) is 0. The fraction of sp³-hybridized carbons (Fsp3) is 0.278. The van der Waals surface area contributed by atoms with Crippen molar-refractivity contribution in [1.29, 1.82) is 0 Å². The van der Waals surface area contributed by atoms with Crippen LogP contribution >= 0.6 is 11.3 Å². The molecule has 0 unspecified atom stereocenters. The highest BCUT2D eigenvalue weighted by atomic mass is 32.1. The third-order valence-corrected chi connectivity index (χ3v) is 4.99. The van der Waals surface area contributed by atoms with Crippen LogP contribution in [-0.4, -0.2) is 21.1 Å². The van der Waals surface area contributed by atoms with Gasteiger partial charge >= 0.3 is 0 Å². The van der Waals surface area contributed by atoms with E-state index in [2.05, 4.69) is 52.5 Å². The zero-order valence-corrected chi connectivity index (χ0v) is 14.4. The van der Waals surface area contributed by atoms with Crippen LogP contribution in [0.25, 0.3) is 11.3 Å². The van der Waals surface area contributed by atoms with Gasteiger partial charge in [0.2, 0.25) is 0 Å². The van der Waals surface area contributed by atoms with Crippen molar-refractivity contribution in [3.05, 3.63) is 52.2 Å². The minimum Gasteiger partial charge on any atom is -0.296 e. The molecule has 3 aromatic rings. The second kappa shape index (κ2) is 5.87. The molecule has 6 heteroatoms. The Labute approximate surface area is 144 Å². The Balaban J connectivity index is 1.50. The molecule has 2 aromatic heterocycles. The number of hydrogen-bond donors (Lipinski definition) is 2. The molecule has 1 aliphatic carbocycles. The van der Waals surface area contributed by atoms with Gasteiger partial charge in [-0.15, -0.1) is 11.3 Å². The molecule has 1 aliphatic rings. The van der Waals surface area contributed by atoms with Crippen LogP contribution in [0.3, 0.4) is 0 Å². The summed E-state index contributed by atoms with van der Waals surface area (Å²) in [4.78, 5) is 16.8. The van der Waals surface area contributed by atoms with Crippen LogP contribution in [0.5, 0.6) is 0 Å². The number of aromatic amines is 1. The van der Waals surface area contributed by atoms with E-state index < -0.39 is 0 Å². The summed E-state index contributed by atoms with van der Waals surface area (Å²) >= 11 is 1.42. The molecule has 1 saturated carbocycles. The van der Waals surface area contributed by atoms with Crippen molar-refractivity contribution in [1.82, 2.24) is 15.2 Å². The van der Waals surface area contributed by atoms with Crippen LogP contribution in [-0.2, 0) is 0 Å². The topological polar surface area (TPSA) is 70.7 Å². The molecule has 0 bridgehead atoms. The highest BCUT2D eigenvalue weighted by Crippen LogP contribution is 2.39. The lowest BCUT2D eigenvalue weighted by Gasteiger charge is -2.03. The number of anilines is 1. The minimum absolute atomic E-state index is 0.223. The van der Waals surface area contributed by atoms with Crippen molar-refractivity contribution in [2.45, 2.75) is 32.6 Å². The van der Waals surface area contributed by atoms with Gasteiger partial charge in [0.25, 0.3) is 5.91 Å². The molecule has 2 heterocycles. The molecule has 0 spiro atoms. The second-order valence-electron chi connectivity index (χ2n) is 6.29. The van der Waals surface area contributed by atoms with Crippen molar-refractivity contribution < 1.29 is 4.79 Å². The van der Waals surface area contributed by atoms with Gasteiger partial charge in [0, 0.05) is 22.6 Å². The Morgan fingerprint density at radius 3 is 2.88 bits per heavy atom. The smallest absolute Gasteiger partial charge is 0.277 e. The number of carbonyl (C=O) groups is 1. The van der Waals surface area contributed by atoms with Gasteiger partial charge in [-0.05, 0) is 38.3 Å². The largest absolute Gasteiger partial charge is 0.296 e. The van der Waals surface area contributed by atoms with Gasteiger partial charge < -0.3 is 0 Å². The number of hydrogen-bond acceptors (Lipinski definition) is 4. The number of H-pyrrole nitrogens is 1. The number of amides is 1. The van der Waals surface area contributed by atoms with E-state index in [0.717, 1.165) is 17.0 Å². The normalized spacial score (nSPS) is 13.9. The predicted octanol–water partition coefficient (Wildman–Crippen LogP) is 4.28. The summed E-state index contributed by atoms with van der Waals surface area (Å²) < 4.78 is 0. The van der Waals surface area contributed by atoms with E-state index in [9.17, 15) is 4.79 Å². The van der Waals surface area contributed by atoms with Gasteiger partial charge in [0.15, 0.2) is 10.8 Å². The highest BCUT2D eigenvalue weighted by molar-refractivity contribution is 7.14. The molecule has 24 heavy (non-hydrogen) atoms. The lowest BCUT2D eigenvalue weighted by atomic mass is 10.0. The van der Waals surface area contributed by atoms with E-state index in [4.69, 9.17) is 0 Å². The Kier molecular flexibility index (Phi) is 3.69. The molecule has 0 saturated heterocycles. The first-order valence-corrected chi connectivity index (χ1v) is 8.88. The van der Waals surface area contributed by atoms with E-state index >= 15 is 0 Å². The fourth-order valence-electron chi connectivity index (χ4n) is 2.77. The molecule has 122 valence electrons. The number of aryl methyl sites for hydroxylation is 2. The number of benzene rings is 1. The lowest BCUT2D eigenvalue weighted by molar-refractivity contribution is 0.102. The quantitative estimate of drug-likeness (QED) is 0.746. The molecule has 0 aliphatic heterocycles. The number of carbonyl (C=O) groups excluding carboxylic acids is 1. The number of aromatic nitrogens is 3. The maximum absolute atomic E-state index is 12.3. The van der Waals surface area contributed by atoms with Crippen LogP contribution in [0.15, 0.2) is 29.6 Å². The third-order valence-electron chi connectivity index (χ3n) is 4.23. The molecular formula is C18H18N4OS. The Morgan fingerprint density at radius 2 is 2.12 bits per heavy atom. The molecule has 1 amide bonds. The van der Waals surface area contributed by atoms with Crippen LogP contribution in [0.2, 0.25) is 0 Å². The number of rotatable bonds is 4. The van der Waals surface area contributed by atoms with Crippen LogP contribution in [0, 0.1) is 13.8 Å². The van der Waals surface area contributed by atoms with Gasteiger partial charge in [0.05, 0.1) is 5.69 Å². The summed E-state index contributed by atoms with van der Waals surface area (Å²) in [6.07, 6.45) is 2.35. The highest BCUT2D eigenvalue weighted by Gasteiger charge is 2.26. The molecule has 0 atom stereocenters. The lowest BCUT2D eigenvalue weighted by Crippen LogP contribution is -2.12. The molecular weight excluding hydrogens is 320 g/mol. The first-order chi connectivity index (χ1) is 11.6. The van der Waals surface area contributed by atoms with Crippen molar-refractivity contribution in [2.24, 2.45) is 0 Å². The van der Waals surface area contributed by atoms with Gasteiger partial charge in [-0.3, -0.25) is 15.2 Å². The van der Waals surface area contributed by atoms with Crippen molar-refractivity contribution in [3.8, 4) is 11.3 Å². The van der Waals surface area contributed by atoms with Crippen molar-refractivity contribution in [2.75, 3.05) is 5.32 Å². The number of thiazole rings is 1. The average Bonchev–Trinajstić information content (AvgIpc) is 3.09. The third kappa shape index (κ3) is 2.97. The van der Waals surface area contributed by atoms with Crippen LogP contribution in [0.4, 0.5) is 5.13 Å². The summed E-state index contributed by atoms with van der Waals surface area (Å²) in [5.74, 6) is 0.328. The van der Waals surface area contributed by atoms with E-state index in [1.54, 1.807) is 0 Å². The SMILES string of the molecule is Cc1ccc(-c2csc(NC(=O)c3cc(C4CC4)[nH]n3)n2)c(C)c1. The molecule has 1 fully saturated rings. The van der Waals surface area contributed by atoms with Gasteiger partial charge in [-0.25, -0.2) is 4.98 Å². The average molecular weight is 338 g/mol. The number of nitrogens with one attached hydrogen (secondary N) is 2. The fourth-order valence-corrected chi connectivity index (χ4v) is 3.48. The number of nitrogens with zero attached hydrogens (tertiary/aromatic N) is 2. The Hall–Kier alpha value is -2.47. The summed E-state index contributed by atoms with van der Waals surface area (Å²) in [6, 6.07) is 8.12. The summed E-state index contributed by atoms with van der Waals surface area (Å²) in [6.45, 7) is 4.15. The molecule has 5 nitrogen and oxygen atoms in total. The molecule has 0 radical (unpaired) electrons. The minimum atomic E-state index is -0.223. The first kappa shape index (κ1) is 15.1. The van der Waals surface area contributed by atoms with E-state index in [-0.39, 0.29) is 5.91 Å². The Morgan fingerprint density at radius 1 is 1.29 bits per heavy atom. The predicted molar refractivity (Wildman–Crippen MR) is 95.5 cm³/mol. The molecule has 4 rings (SSSR count). The van der Waals surface area contributed by atoms with E-state index in [1.807, 2.05) is 11.4 Å². The van der Waals surface area contributed by atoms with Crippen LogP contribution in [0.1, 0.15) is 46.1 Å². The molecule has 2 N–H and O–H groups in total. The standard InChI is InChI=1S/C18H18N4OS/c1-10-3-6-13(11(2)7-10)16-9-24-18(19-16)20-17(23)15-8-14(21-22-15)12-4-5-12/h3,6-9,12H,4-5H2,1-2H3,(H,21,22)(H,19,20,23). The Bertz CT molecular complexity index is 907. The van der Waals surface area contributed by atoms with Gasteiger partial charge in [-0.2, -0.15) is 5.10 Å². The maximum atomic E-state index is 12.3. The van der Waals surface area contributed by atoms with Gasteiger partial charge in [0.1, 0.15) is 0 Å². The first-order valence-electron chi connectivity index (χ1n) is 8.00. The summed E-state index contributed by atoms with van der Waals surface area (Å²) in [5.41, 5.74) is 5.85. The van der Waals surface area contributed by atoms with E-state index in [1.165, 1.54) is 35.3 Å². The maximum Gasteiger partial charge on any atom is 0.277 e. The van der Waals surface area contributed by atoms with Crippen molar-refractivity contribution in [3.63, 3.8) is 0 Å². The molecule has 1 aromatic carbocycles. The summed E-state index contributed by atoms with van der Waals surface area (Å²) in [5, 5.41) is 12.4. The zero-order chi connectivity index (χ0) is 16.7. The monoisotopic (exact) mass is 338 g/mol. The zero-order valence-electron chi connectivity index (χ0n) is 13.6.